The van der Waals surface area contributed by atoms with Crippen LogP contribution in [-0.4, -0.2) is 36.1 Å². The van der Waals surface area contributed by atoms with Crippen LogP contribution < -0.4 is 5.32 Å². The number of hydrogen-bond donors (Lipinski definition) is 1. The fraction of sp³-hybridized carbons (Fsp3) is 0.733. The lowest BCUT2D eigenvalue weighted by atomic mass is 9.89. The van der Waals surface area contributed by atoms with Crippen LogP contribution in [0.15, 0.2) is 22.8 Å². The molecule has 3 heteroatoms. The number of nitrogens with one attached hydrogen (secondary N) is 1. The van der Waals surface area contributed by atoms with Crippen molar-refractivity contribution in [1.82, 2.24) is 10.2 Å². The maximum absolute atomic E-state index is 5.46. The molecule has 1 fully saturated rings. The third-order valence-electron chi connectivity index (χ3n) is 4.46. The number of hydrogen-bond acceptors (Lipinski definition) is 3. The molecular weight excluding hydrogens is 224 g/mol. The second kappa shape index (κ2) is 5.89. The van der Waals surface area contributed by atoms with E-state index < -0.39 is 0 Å². The number of piperazine rings is 1. The maximum Gasteiger partial charge on any atom is 0.105 e. The first-order valence-corrected chi connectivity index (χ1v) is 7.20. The van der Waals surface area contributed by atoms with Crippen LogP contribution in [0.5, 0.6) is 0 Å². The van der Waals surface area contributed by atoms with E-state index in [9.17, 15) is 0 Å². The van der Waals surface area contributed by atoms with Gasteiger partial charge in [0.2, 0.25) is 0 Å². The van der Waals surface area contributed by atoms with Crippen molar-refractivity contribution in [2.24, 2.45) is 0 Å². The summed E-state index contributed by atoms with van der Waals surface area (Å²) in [5, 5.41) is 3.71. The lowest BCUT2D eigenvalue weighted by Gasteiger charge is -2.45. The van der Waals surface area contributed by atoms with Crippen LogP contribution in [0.4, 0.5) is 0 Å². The summed E-state index contributed by atoms with van der Waals surface area (Å²) in [5.41, 5.74) is 0.315. The van der Waals surface area contributed by atoms with E-state index in [1.165, 1.54) is 12.8 Å². The molecule has 0 bridgehead atoms. The van der Waals surface area contributed by atoms with Crippen LogP contribution in [0.1, 0.15) is 39.4 Å². The van der Waals surface area contributed by atoms with Gasteiger partial charge in [0, 0.05) is 37.6 Å². The Bertz CT molecular complexity index is 343. The predicted molar refractivity (Wildman–Crippen MR) is 74.8 cm³/mol. The quantitative estimate of drug-likeness (QED) is 0.871. The number of nitrogens with zero attached hydrogens (tertiary/aromatic N) is 1. The van der Waals surface area contributed by atoms with Gasteiger partial charge in [0.15, 0.2) is 0 Å². The first kappa shape index (κ1) is 13.6. The van der Waals surface area contributed by atoms with Gasteiger partial charge in [0.1, 0.15) is 5.76 Å². The molecule has 1 aliphatic heterocycles. The molecular formula is C15H26N2O. The summed E-state index contributed by atoms with van der Waals surface area (Å²) in [4.78, 5) is 2.60. The van der Waals surface area contributed by atoms with Crippen LogP contribution in [0.3, 0.4) is 0 Å². The molecule has 2 rings (SSSR count). The van der Waals surface area contributed by atoms with E-state index in [4.69, 9.17) is 4.42 Å². The van der Waals surface area contributed by atoms with Gasteiger partial charge in [-0.15, -0.1) is 0 Å². The third kappa shape index (κ3) is 2.96. The lowest BCUT2D eigenvalue weighted by Crippen LogP contribution is -2.61. The fourth-order valence-corrected chi connectivity index (χ4v) is 2.94. The van der Waals surface area contributed by atoms with Crippen molar-refractivity contribution in [3.05, 3.63) is 24.2 Å². The van der Waals surface area contributed by atoms with Crippen LogP contribution in [0.2, 0.25) is 0 Å². The fourth-order valence-electron chi connectivity index (χ4n) is 2.94. The Balaban J connectivity index is 1.95. The van der Waals surface area contributed by atoms with Crippen LogP contribution >= 0.6 is 0 Å². The largest absolute Gasteiger partial charge is 0.469 e. The normalized spacial score (nSPS) is 21.9. The summed E-state index contributed by atoms with van der Waals surface area (Å²) in [5.74, 6) is 1.10. The molecule has 0 aromatic carbocycles. The molecule has 1 aromatic rings. The molecule has 102 valence electrons. The zero-order valence-corrected chi connectivity index (χ0v) is 11.9. The number of rotatable bonds is 5. The second-order valence-corrected chi connectivity index (χ2v) is 5.52. The topological polar surface area (TPSA) is 28.4 Å². The van der Waals surface area contributed by atoms with E-state index in [1.807, 2.05) is 6.07 Å². The third-order valence-corrected chi connectivity index (χ3v) is 4.46. The summed E-state index contributed by atoms with van der Waals surface area (Å²) in [7, 11) is 0. The summed E-state index contributed by atoms with van der Waals surface area (Å²) in [6, 6.07) is 4.60. The van der Waals surface area contributed by atoms with Crippen molar-refractivity contribution < 1.29 is 4.42 Å². The highest BCUT2D eigenvalue weighted by molar-refractivity contribution is 5.02. The van der Waals surface area contributed by atoms with E-state index in [0.717, 1.165) is 31.8 Å². The molecule has 18 heavy (non-hydrogen) atoms. The Kier molecular flexibility index (Phi) is 4.46. The molecule has 0 spiro atoms. The SMILES string of the molecule is CCC1(CC)CN(C(C)Cc2ccco2)CCN1. The molecule has 2 heterocycles. The molecule has 1 N–H and O–H groups in total. The zero-order chi connectivity index (χ0) is 13.0. The van der Waals surface area contributed by atoms with Gasteiger partial charge in [-0.3, -0.25) is 4.90 Å². The van der Waals surface area contributed by atoms with Crippen molar-refractivity contribution >= 4 is 0 Å². The Morgan fingerprint density at radius 2 is 2.22 bits per heavy atom. The Hall–Kier alpha value is -0.800. The van der Waals surface area contributed by atoms with Gasteiger partial charge in [-0.1, -0.05) is 13.8 Å². The summed E-state index contributed by atoms with van der Waals surface area (Å²) < 4.78 is 5.46. The monoisotopic (exact) mass is 250 g/mol. The molecule has 1 aromatic heterocycles. The minimum absolute atomic E-state index is 0.315. The van der Waals surface area contributed by atoms with Gasteiger partial charge in [0.25, 0.3) is 0 Å². The minimum atomic E-state index is 0.315. The predicted octanol–water partition coefficient (Wildman–Crippen LogP) is 2.67. The molecule has 1 unspecified atom stereocenters. The van der Waals surface area contributed by atoms with Crippen molar-refractivity contribution in [1.29, 1.82) is 0 Å². The zero-order valence-electron chi connectivity index (χ0n) is 11.9. The van der Waals surface area contributed by atoms with Gasteiger partial charge in [-0.2, -0.15) is 0 Å². The smallest absolute Gasteiger partial charge is 0.105 e. The molecule has 0 saturated carbocycles. The highest BCUT2D eigenvalue weighted by Crippen LogP contribution is 2.22. The van der Waals surface area contributed by atoms with Gasteiger partial charge in [0.05, 0.1) is 6.26 Å². The minimum Gasteiger partial charge on any atom is -0.469 e. The summed E-state index contributed by atoms with van der Waals surface area (Å²) in [6.07, 6.45) is 5.18. The molecule has 0 aliphatic carbocycles. The van der Waals surface area contributed by atoms with Gasteiger partial charge in [-0.05, 0) is 31.9 Å². The molecule has 0 radical (unpaired) electrons. The van der Waals surface area contributed by atoms with Crippen molar-refractivity contribution in [3.63, 3.8) is 0 Å². The second-order valence-electron chi connectivity index (χ2n) is 5.52. The van der Waals surface area contributed by atoms with E-state index in [1.54, 1.807) is 6.26 Å². The average molecular weight is 250 g/mol. The highest BCUT2D eigenvalue weighted by atomic mass is 16.3. The summed E-state index contributed by atoms with van der Waals surface area (Å²) >= 11 is 0. The maximum atomic E-state index is 5.46. The molecule has 1 saturated heterocycles. The Labute approximate surface area is 111 Å². The standard InChI is InChI=1S/C15H26N2O/c1-4-15(5-2)12-17(9-8-16-15)13(3)11-14-7-6-10-18-14/h6-7,10,13,16H,4-5,8-9,11-12H2,1-3H3. The Morgan fingerprint density at radius 1 is 1.44 bits per heavy atom. The van der Waals surface area contributed by atoms with Gasteiger partial charge >= 0.3 is 0 Å². The number of furan rings is 1. The van der Waals surface area contributed by atoms with Crippen LogP contribution in [0, 0.1) is 0 Å². The van der Waals surface area contributed by atoms with E-state index >= 15 is 0 Å². The Morgan fingerprint density at radius 3 is 2.83 bits per heavy atom. The van der Waals surface area contributed by atoms with Crippen LogP contribution in [0.25, 0.3) is 0 Å². The highest BCUT2D eigenvalue weighted by Gasteiger charge is 2.33. The van der Waals surface area contributed by atoms with Crippen molar-refractivity contribution in [2.75, 3.05) is 19.6 Å². The van der Waals surface area contributed by atoms with E-state index in [2.05, 4.69) is 37.1 Å². The average Bonchev–Trinajstić information content (AvgIpc) is 2.91. The van der Waals surface area contributed by atoms with Gasteiger partial charge in [-0.25, -0.2) is 0 Å². The first-order valence-electron chi connectivity index (χ1n) is 7.20. The summed E-state index contributed by atoms with van der Waals surface area (Å²) in [6.45, 7) is 10.3. The molecule has 1 aliphatic rings. The lowest BCUT2D eigenvalue weighted by molar-refractivity contribution is 0.0899. The molecule has 3 nitrogen and oxygen atoms in total. The molecule has 0 amide bonds. The van der Waals surface area contributed by atoms with E-state index in [-0.39, 0.29) is 0 Å². The van der Waals surface area contributed by atoms with Crippen LogP contribution in [-0.2, 0) is 6.42 Å². The van der Waals surface area contributed by atoms with Crippen molar-refractivity contribution in [3.8, 4) is 0 Å². The molecule has 1 atom stereocenters. The van der Waals surface area contributed by atoms with Crippen molar-refractivity contribution in [2.45, 2.75) is 51.6 Å². The first-order chi connectivity index (χ1) is 8.69. The van der Waals surface area contributed by atoms with E-state index in [0.29, 0.717) is 11.6 Å². The van der Waals surface area contributed by atoms with Gasteiger partial charge < -0.3 is 9.73 Å².